The molecule has 0 radical (unpaired) electrons. The molecule has 0 aromatic rings. The van der Waals surface area contributed by atoms with Gasteiger partial charge < -0.3 is 5.11 Å². The molecule has 24 heavy (non-hydrogen) atoms. The van der Waals surface area contributed by atoms with Crippen molar-refractivity contribution in [1.29, 1.82) is 0 Å². The Morgan fingerprint density at radius 1 is 0.750 bits per heavy atom. The molecular formula is C22H34O2. The standard InChI is InChI=1S/C22H34O2/c1-3-5-6-7-8-9-10-11-12-13-14-15-16-17-18-19-20-21(4-2)22(23)24/h5-6,8-9,11-12,14-15,17-18,21H,3-4,7,10,13,16,19-20H2,1-2H3,(H,23,24)/b6-5+,9-8+,12-11+,15-14+,18-17+. The van der Waals surface area contributed by atoms with Crippen molar-refractivity contribution in [2.24, 2.45) is 5.92 Å². The van der Waals surface area contributed by atoms with E-state index in [1.165, 1.54) is 0 Å². The zero-order chi connectivity index (χ0) is 17.9. The van der Waals surface area contributed by atoms with E-state index >= 15 is 0 Å². The van der Waals surface area contributed by atoms with Gasteiger partial charge in [-0.25, -0.2) is 0 Å². The lowest BCUT2D eigenvalue weighted by Gasteiger charge is -2.06. The summed E-state index contributed by atoms with van der Waals surface area (Å²) in [6.45, 7) is 4.07. The van der Waals surface area contributed by atoms with Crippen molar-refractivity contribution in [3.63, 3.8) is 0 Å². The second kappa shape index (κ2) is 17.5. The Kier molecular flexibility index (Phi) is 16.2. The summed E-state index contributed by atoms with van der Waals surface area (Å²) in [5.41, 5.74) is 0. The van der Waals surface area contributed by atoms with E-state index in [-0.39, 0.29) is 5.92 Å². The first-order chi connectivity index (χ1) is 11.7. The Labute approximate surface area is 148 Å². The van der Waals surface area contributed by atoms with Gasteiger partial charge >= 0.3 is 5.97 Å². The van der Waals surface area contributed by atoms with Gasteiger partial charge in [-0.1, -0.05) is 74.6 Å². The second-order valence-corrected chi connectivity index (χ2v) is 5.73. The molecule has 0 saturated heterocycles. The van der Waals surface area contributed by atoms with Gasteiger partial charge in [0.2, 0.25) is 0 Å². The monoisotopic (exact) mass is 330 g/mol. The summed E-state index contributed by atoms with van der Waals surface area (Å²) in [4.78, 5) is 10.9. The smallest absolute Gasteiger partial charge is 0.306 e. The Morgan fingerprint density at radius 2 is 1.17 bits per heavy atom. The van der Waals surface area contributed by atoms with Crippen LogP contribution in [0.15, 0.2) is 60.8 Å². The summed E-state index contributed by atoms with van der Waals surface area (Å²) >= 11 is 0. The number of allylic oxidation sites excluding steroid dienone is 10. The van der Waals surface area contributed by atoms with Crippen LogP contribution >= 0.6 is 0 Å². The molecule has 0 aliphatic rings. The Bertz CT molecular complexity index is 439. The second-order valence-electron chi connectivity index (χ2n) is 5.73. The molecule has 0 heterocycles. The topological polar surface area (TPSA) is 37.3 Å². The van der Waals surface area contributed by atoms with Crippen molar-refractivity contribution in [1.82, 2.24) is 0 Å². The van der Waals surface area contributed by atoms with Gasteiger partial charge in [0, 0.05) is 0 Å². The SMILES string of the molecule is CC/C=C/C/C=C/C/C=C/C/C=C/C/C=C/CCC(CC)C(=O)O. The normalized spacial score (nSPS) is 14.1. The highest BCUT2D eigenvalue weighted by atomic mass is 16.4. The van der Waals surface area contributed by atoms with Gasteiger partial charge in [-0.15, -0.1) is 0 Å². The van der Waals surface area contributed by atoms with Crippen molar-refractivity contribution >= 4 is 5.97 Å². The predicted octanol–water partition coefficient (Wildman–Crippen LogP) is 6.63. The van der Waals surface area contributed by atoms with E-state index in [4.69, 9.17) is 5.11 Å². The molecule has 0 spiro atoms. The van der Waals surface area contributed by atoms with Gasteiger partial charge in [0.15, 0.2) is 0 Å². The Balaban J connectivity index is 3.61. The maximum atomic E-state index is 10.9. The average molecular weight is 331 g/mol. The summed E-state index contributed by atoms with van der Waals surface area (Å²) in [6, 6.07) is 0. The fraction of sp³-hybridized carbons (Fsp3) is 0.500. The van der Waals surface area contributed by atoms with Gasteiger partial charge in [0.05, 0.1) is 5.92 Å². The van der Waals surface area contributed by atoms with Crippen LogP contribution in [-0.2, 0) is 4.79 Å². The van der Waals surface area contributed by atoms with Gasteiger partial charge in [-0.3, -0.25) is 4.79 Å². The van der Waals surface area contributed by atoms with Gasteiger partial charge in [-0.2, -0.15) is 0 Å². The summed E-state index contributed by atoms with van der Waals surface area (Å²) in [5.74, 6) is -0.878. The third kappa shape index (κ3) is 15.1. The van der Waals surface area contributed by atoms with Crippen LogP contribution in [0.3, 0.4) is 0 Å². The maximum Gasteiger partial charge on any atom is 0.306 e. The van der Waals surface area contributed by atoms with Crippen LogP contribution in [0.5, 0.6) is 0 Å². The first-order valence-corrected chi connectivity index (χ1v) is 9.20. The van der Waals surface area contributed by atoms with E-state index < -0.39 is 5.97 Å². The molecule has 1 unspecified atom stereocenters. The number of rotatable bonds is 14. The van der Waals surface area contributed by atoms with Crippen LogP contribution in [-0.4, -0.2) is 11.1 Å². The fourth-order valence-electron chi connectivity index (χ4n) is 2.17. The van der Waals surface area contributed by atoms with E-state index in [0.717, 1.165) is 44.9 Å². The number of aliphatic carboxylic acids is 1. The van der Waals surface area contributed by atoms with Crippen LogP contribution in [0.1, 0.15) is 65.2 Å². The van der Waals surface area contributed by atoms with E-state index in [2.05, 4.69) is 67.7 Å². The number of carbonyl (C=O) groups is 1. The first-order valence-electron chi connectivity index (χ1n) is 9.20. The molecule has 0 rings (SSSR count). The molecule has 0 saturated carbocycles. The molecule has 0 amide bonds. The van der Waals surface area contributed by atoms with E-state index in [0.29, 0.717) is 6.42 Å². The summed E-state index contributed by atoms with van der Waals surface area (Å²) in [7, 11) is 0. The maximum absolute atomic E-state index is 10.9. The highest BCUT2D eigenvalue weighted by molar-refractivity contribution is 5.69. The molecule has 2 nitrogen and oxygen atoms in total. The summed E-state index contributed by atoms with van der Waals surface area (Å²) in [6.07, 6.45) is 29.0. The molecule has 134 valence electrons. The third-order valence-corrected chi connectivity index (χ3v) is 3.68. The van der Waals surface area contributed by atoms with Crippen LogP contribution in [0.4, 0.5) is 0 Å². The summed E-state index contributed by atoms with van der Waals surface area (Å²) < 4.78 is 0. The van der Waals surface area contributed by atoms with Crippen molar-refractivity contribution in [2.45, 2.75) is 65.2 Å². The lowest BCUT2D eigenvalue weighted by molar-refractivity contribution is -0.142. The molecule has 1 atom stereocenters. The molecule has 0 aliphatic carbocycles. The lowest BCUT2D eigenvalue weighted by Crippen LogP contribution is -2.11. The summed E-state index contributed by atoms with van der Waals surface area (Å²) in [5, 5.41) is 8.95. The molecule has 1 N–H and O–H groups in total. The Hall–Kier alpha value is -1.83. The predicted molar refractivity (Wildman–Crippen MR) is 105 cm³/mol. The number of hydrogen-bond acceptors (Lipinski definition) is 1. The van der Waals surface area contributed by atoms with Crippen molar-refractivity contribution in [3.8, 4) is 0 Å². The molecule has 2 heteroatoms. The van der Waals surface area contributed by atoms with Crippen LogP contribution in [0.2, 0.25) is 0 Å². The largest absolute Gasteiger partial charge is 0.481 e. The highest BCUT2D eigenvalue weighted by Gasteiger charge is 2.12. The lowest BCUT2D eigenvalue weighted by atomic mass is 10.0. The molecule has 0 aromatic heterocycles. The van der Waals surface area contributed by atoms with Crippen LogP contribution in [0, 0.1) is 5.92 Å². The average Bonchev–Trinajstić information content (AvgIpc) is 2.57. The van der Waals surface area contributed by atoms with Crippen molar-refractivity contribution < 1.29 is 9.90 Å². The highest BCUT2D eigenvalue weighted by Crippen LogP contribution is 2.11. The van der Waals surface area contributed by atoms with E-state index in [1.807, 2.05) is 6.92 Å². The van der Waals surface area contributed by atoms with Crippen LogP contribution < -0.4 is 0 Å². The van der Waals surface area contributed by atoms with Gasteiger partial charge in [-0.05, 0) is 51.4 Å². The zero-order valence-corrected chi connectivity index (χ0v) is 15.4. The third-order valence-electron chi connectivity index (χ3n) is 3.68. The fourth-order valence-corrected chi connectivity index (χ4v) is 2.17. The van der Waals surface area contributed by atoms with E-state index in [9.17, 15) is 4.79 Å². The molecule has 0 aromatic carbocycles. The molecule has 0 fully saturated rings. The van der Waals surface area contributed by atoms with Crippen LogP contribution in [0.25, 0.3) is 0 Å². The quantitative estimate of drug-likeness (QED) is 0.363. The van der Waals surface area contributed by atoms with Gasteiger partial charge in [0.1, 0.15) is 0 Å². The number of hydrogen-bond donors (Lipinski definition) is 1. The minimum atomic E-state index is -0.676. The first kappa shape index (κ1) is 22.2. The minimum Gasteiger partial charge on any atom is -0.481 e. The number of carboxylic acid groups (broad SMARTS) is 1. The minimum absolute atomic E-state index is 0.202. The van der Waals surface area contributed by atoms with Crippen molar-refractivity contribution in [3.05, 3.63) is 60.8 Å². The zero-order valence-electron chi connectivity index (χ0n) is 15.4. The van der Waals surface area contributed by atoms with E-state index in [1.54, 1.807) is 0 Å². The Morgan fingerprint density at radius 3 is 1.54 bits per heavy atom. The van der Waals surface area contributed by atoms with Crippen molar-refractivity contribution in [2.75, 3.05) is 0 Å². The molecular weight excluding hydrogens is 296 g/mol. The van der Waals surface area contributed by atoms with Gasteiger partial charge in [0.25, 0.3) is 0 Å². The molecule has 0 bridgehead atoms. The number of carboxylic acids is 1. The molecule has 0 aliphatic heterocycles.